The molecule has 210 valence electrons. The van der Waals surface area contributed by atoms with Crippen molar-refractivity contribution >= 4 is 56.5 Å². The van der Waals surface area contributed by atoms with Crippen LogP contribution in [0.5, 0.6) is 5.75 Å². The fourth-order valence-electron chi connectivity index (χ4n) is 5.07. The molecule has 5 aromatic rings. The SMILES string of the molecule is CCOc1cccc(C2C(=C(O)c3ccc(C)cc3)C(=O)C(=O)N2c2nnc(SCc3cccc4ccccc34)s2)c1. The van der Waals surface area contributed by atoms with Crippen LogP contribution in [0.25, 0.3) is 16.5 Å². The quantitative estimate of drug-likeness (QED) is 0.0663. The first-order chi connectivity index (χ1) is 20.4. The fourth-order valence-corrected chi connectivity index (χ4v) is 6.94. The molecular formula is C33H27N3O4S2. The molecule has 1 unspecified atom stereocenters. The smallest absolute Gasteiger partial charge is 0.301 e. The van der Waals surface area contributed by atoms with E-state index in [0.29, 0.717) is 33.6 Å². The monoisotopic (exact) mass is 593 g/mol. The predicted octanol–water partition coefficient (Wildman–Crippen LogP) is 7.32. The molecule has 1 saturated heterocycles. The van der Waals surface area contributed by atoms with Gasteiger partial charge in [-0.25, -0.2) is 0 Å². The summed E-state index contributed by atoms with van der Waals surface area (Å²) in [7, 11) is 0. The maximum absolute atomic E-state index is 13.6. The predicted molar refractivity (Wildman–Crippen MR) is 167 cm³/mol. The van der Waals surface area contributed by atoms with Gasteiger partial charge in [-0.1, -0.05) is 108 Å². The highest BCUT2D eigenvalue weighted by atomic mass is 32.2. The van der Waals surface area contributed by atoms with Gasteiger partial charge >= 0.3 is 5.91 Å². The van der Waals surface area contributed by atoms with E-state index in [1.54, 1.807) is 24.3 Å². The summed E-state index contributed by atoms with van der Waals surface area (Å²) in [5.41, 5.74) is 3.25. The van der Waals surface area contributed by atoms with E-state index in [9.17, 15) is 14.7 Å². The number of aliphatic hydroxyl groups is 1. The number of amides is 1. The van der Waals surface area contributed by atoms with Crippen molar-refractivity contribution in [2.75, 3.05) is 11.5 Å². The van der Waals surface area contributed by atoms with Crippen molar-refractivity contribution in [2.45, 2.75) is 30.0 Å². The Hall–Kier alpha value is -4.47. The van der Waals surface area contributed by atoms with E-state index < -0.39 is 17.7 Å². The second-order valence-corrected chi connectivity index (χ2v) is 12.0. The summed E-state index contributed by atoms with van der Waals surface area (Å²) < 4.78 is 6.37. The number of aryl methyl sites for hydroxylation is 1. The van der Waals surface area contributed by atoms with Crippen LogP contribution in [0.4, 0.5) is 5.13 Å². The number of ketones is 1. The Labute approximate surface area is 251 Å². The van der Waals surface area contributed by atoms with Crippen LogP contribution in [0.3, 0.4) is 0 Å². The fraction of sp³-hybridized carbons (Fsp3) is 0.152. The van der Waals surface area contributed by atoms with E-state index in [4.69, 9.17) is 4.74 Å². The number of fused-ring (bicyclic) bond motifs is 1. The minimum Gasteiger partial charge on any atom is -0.507 e. The Kier molecular flexibility index (Phi) is 7.78. The Morgan fingerprint density at radius 3 is 2.55 bits per heavy atom. The third-order valence-electron chi connectivity index (χ3n) is 7.09. The molecule has 0 spiro atoms. The lowest BCUT2D eigenvalue weighted by molar-refractivity contribution is -0.132. The van der Waals surface area contributed by atoms with Crippen molar-refractivity contribution < 1.29 is 19.4 Å². The lowest BCUT2D eigenvalue weighted by atomic mass is 9.95. The number of rotatable bonds is 8. The van der Waals surface area contributed by atoms with Crippen LogP contribution in [-0.4, -0.2) is 33.6 Å². The number of aromatic nitrogens is 2. The standard InChI is InChI=1S/C33H27N3O4S2/c1-3-40-25-12-7-10-23(18-25)28-27(29(37)22-16-14-20(2)15-17-22)30(38)31(39)36(28)32-34-35-33(42-32)41-19-24-11-6-9-21-8-4-5-13-26(21)24/h4-18,28,37H,3,19H2,1-2H3. The summed E-state index contributed by atoms with van der Waals surface area (Å²) in [6, 6.07) is 27.9. The summed E-state index contributed by atoms with van der Waals surface area (Å²) in [5.74, 6) is -0.517. The zero-order valence-electron chi connectivity index (χ0n) is 23.0. The van der Waals surface area contributed by atoms with Gasteiger partial charge in [0, 0.05) is 11.3 Å². The summed E-state index contributed by atoms with van der Waals surface area (Å²) >= 11 is 2.77. The first kappa shape index (κ1) is 27.7. The molecule has 0 radical (unpaired) electrons. The summed E-state index contributed by atoms with van der Waals surface area (Å²) in [5, 5.41) is 22.7. The highest BCUT2D eigenvalue weighted by Crippen LogP contribution is 2.44. The van der Waals surface area contributed by atoms with Crippen molar-refractivity contribution in [3.05, 3.63) is 119 Å². The second-order valence-electron chi connectivity index (χ2n) is 9.82. The van der Waals surface area contributed by atoms with E-state index >= 15 is 0 Å². The third kappa shape index (κ3) is 5.29. The topological polar surface area (TPSA) is 92.6 Å². The first-order valence-corrected chi connectivity index (χ1v) is 15.3. The Balaban J connectivity index is 1.38. The Morgan fingerprint density at radius 1 is 0.976 bits per heavy atom. The van der Waals surface area contributed by atoms with Gasteiger partial charge in [0.05, 0.1) is 18.2 Å². The van der Waals surface area contributed by atoms with E-state index in [2.05, 4.69) is 34.5 Å². The van der Waals surface area contributed by atoms with Crippen molar-refractivity contribution in [3.8, 4) is 5.75 Å². The summed E-state index contributed by atoms with van der Waals surface area (Å²) in [4.78, 5) is 28.4. The van der Waals surface area contributed by atoms with E-state index in [0.717, 1.165) is 5.56 Å². The number of carbonyl (C=O) groups excluding carboxylic acids is 2. The van der Waals surface area contributed by atoms with E-state index in [1.807, 2.05) is 56.3 Å². The van der Waals surface area contributed by atoms with Crippen LogP contribution in [-0.2, 0) is 15.3 Å². The highest BCUT2D eigenvalue weighted by Gasteiger charge is 2.48. The lowest BCUT2D eigenvalue weighted by Crippen LogP contribution is -2.29. The molecule has 0 aliphatic carbocycles. The molecule has 1 aliphatic heterocycles. The average Bonchev–Trinajstić information content (AvgIpc) is 3.58. The molecule has 1 atom stereocenters. The van der Waals surface area contributed by atoms with Gasteiger partial charge in [0.15, 0.2) is 4.34 Å². The highest BCUT2D eigenvalue weighted by molar-refractivity contribution is 8.00. The molecule has 0 saturated carbocycles. The first-order valence-electron chi connectivity index (χ1n) is 13.5. The molecule has 9 heteroatoms. The maximum atomic E-state index is 13.6. The second kappa shape index (κ2) is 11.8. The molecule has 1 amide bonds. The summed E-state index contributed by atoms with van der Waals surface area (Å²) in [6.45, 7) is 4.28. The van der Waals surface area contributed by atoms with E-state index in [-0.39, 0.29) is 16.5 Å². The average molecular weight is 594 g/mol. The number of ether oxygens (including phenoxy) is 1. The van der Waals surface area contributed by atoms with Crippen LogP contribution < -0.4 is 9.64 Å². The van der Waals surface area contributed by atoms with Crippen LogP contribution in [0.1, 0.15) is 35.2 Å². The number of thioether (sulfide) groups is 1. The molecule has 1 fully saturated rings. The van der Waals surface area contributed by atoms with Gasteiger partial charge in [-0.2, -0.15) is 0 Å². The van der Waals surface area contributed by atoms with Crippen molar-refractivity contribution in [3.63, 3.8) is 0 Å². The number of Topliss-reactive ketones (excluding diaryl/α,β-unsaturated/α-hetero) is 1. The van der Waals surface area contributed by atoms with E-state index in [1.165, 1.54) is 44.3 Å². The van der Waals surface area contributed by atoms with Gasteiger partial charge in [0.25, 0.3) is 5.78 Å². The number of hydrogen-bond donors (Lipinski definition) is 1. The number of hydrogen-bond acceptors (Lipinski definition) is 8. The molecule has 6 rings (SSSR count). The number of benzene rings is 4. The van der Waals surface area contributed by atoms with Gasteiger partial charge in [-0.05, 0) is 47.9 Å². The Morgan fingerprint density at radius 2 is 1.74 bits per heavy atom. The van der Waals surface area contributed by atoms with Crippen LogP contribution >= 0.6 is 23.1 Å². The van der Waals surface area contributed by atoms with Crippen LogP contribution in [0.2, 0.25) is 0 Å². The van der Waals surface area contributed by atoms with Gasteiger partial charge in [-0.3, -0.25) is 14.5 Å². The maximum Gasteiger partial charge on any atom is 0.301 e. The third-order valence-corrected chi connectivity index (χ3v) is 9.19. The lowest BCUT2D eigenvalue weighted by Gasteiger charge is -2.23. The van der Waals surface area contributed by atoms with Gasteiger partial charge in [0.1, 0.15) is 11.5 Å². The molecule has 0 bridgehead atoms. The number of aliphatic hydroxyl groups excluding tert-OH is 1. The molecule has 1 aliphatic rings. The number of anilines is 1. The summed E-state index contributed by atoms with van der Waals surface area (Å²) in [6.07, 6.45) is 0. The van der Waals surface area contributed by atoms with Crippen molar-refractivity contribution in [1.29, 1.82) is 0 Å². The zero-order valence-corrected chi connectivity index (χ0v) is 24.6. The van der Waals surface area contributed by atoms with Crippen LogP contribution in [0.15, 0.2) is 101 Å². The molecular weight excluding hydrogens is 567 g/mol. The van der Waals surface area contributed by atoms with Crippen molar-refractivity contribution in [1.82, 2.24) is 10.2 Å². The van der Waals surface area contributed by atoms with Crippen LogP contribution in [0, 0.1) is 6.92 Å². The molecule has 1 N–H and O–H groups in total. The molecule has 4 aromatic carbocycles. The van der Waals surface area contributed by atoms with Gasteiger partial charge < -0.3 is 9.84 Å². The minimum atomic E-state index is -0.907. The Bertz CT molecular complexity index is 1830. The number of carbonyl (C=O) groups is 2. The molecule has 42 heavy (non-hydrogen) atoms. The van der Waals surface area contributed by atoms with Crippen molar-refractivity contribution in [2.24, 2.45) is 0 Å². The molecule has 2 heterocycles. The normalized spacial score (nSPS) is 16.3. The molecule has 1 aromatic heterocycles. The largest absolute Gasteiger partial charge is 0.507 e. The van der Waals surface area contributed by atoms with Gasteiger partial charge in [-0.15, -0.1) is 10.2 Å². The van der Waals surface area contributed by atoms with Gasteiger partial charge in [0.2, 0.25) is 5.13 Å². The zero-order chi connectivity index (χ0) is 29.2. The molecule has 7 nitrogen and oxygen atoms in total. The number of nitrogens with zero attached hydrogens (tertiary/aromatic N) is 3. The minimum absolute atomic E-state index is 0.00217.